The Morgan fingerprint density at radius 2 is 1.91 bits per heavy atom. The fourth-order valence-corrected chi connectivity index (χ4v) is 2.22. The first-order valence-corrected chi connectivity index (χ1v) is 7.19. The number of carbonyl (C=O) groups is 1. The number of rotatable bonds is 6. The Hall–Kier alpha value is -1.56. The molecule has 5 nitrogen and oxygen atoms in total. The molecule has 0 bridgehead atoms. The van der Waals surface area contributed by atoms with Crippen LogP contribution in [0.2, 0.25) is 0 Å². The number of nitrogens with one attached hydrogen (secondary N) is 2. The molecule has 2 aromatic rings. The third-order valence-electron chi connectivity index (χ3n) is 3.25. The predicted octanol–water partition coefficient (Wildman–Crippen LogP) is 3.09. The first-order valence-electron chi connectivity index (χ1n) is 7.19. The zero-order valence-electron chi connectivity index (χ0n) is 13.6. The van der Waals surface area contributed by atoms with E-state index in [1.807, 2.05) is 44.2 Å². The van der Waals surface area contributed by atoms with Gasteiger partial charge in [0.15, 0.2) is 0 Å². The molecule has 0 aliphatic rings. The summed E-state index contributed by atoms with van der Waals surface area (Å²) in [6, 6.07) is 9.80. The van der Waals surface area contributed by atoms with Crippen molar-refractivity contribution in [3.63, 3.8) is 0 Å². The molecule has 0 saturated heterocycles. The molecule has 0 atom stereocenters. The number of hydrogen-bond donors (Lipinski definition) is 2. The molecular weight excluding hydrogens is 335 g/mol. The Bertz CT molecular complexity index is 628. The van der Waals surface area contributed by atoms with Crippen molar-refractivity contribution in [2.24, 2.45) is 0 Å². The lowest BCUT2D eigenvalue weighted by molar-refractivity contribution is -0.116. The van der Waals surface area contributed by atoms with Crippen LogP contribution in [0.4, 0.5) is 5.69 Å². The van der Waals surface area contributed by atoms with Crippen LogP contribution in [0.15, 0.2) is 30.3 Å². The third-order valence-corrected chi connectivity index (χ3v) is 3.25. The normalized spacial score (nSPS) is 9.70. The van der Waals surface area contributed by atoms with Gasteiger partial charge >= 0.3 is 0 Å². The molecule has 1 aromatic carbocycles. The highest BCUT2D eigenvalue weighted by atomic mass is 35.5. The molecule has 2 rings (SSSR count). The lowest BCUT2D eigenvalue weighted by atomic mass is 10.1. The van der Waals surface area contributed by atoms with Crippen molar-refractivity contribution in [3.05, 3.63) is 47.3 Å². The van der Waals surface area contributed by atoms with Gasteiger partial charge in [-0.2, -0.15) is 5.10 Å². The van der Waals surface area contributed by atoms with Crippen molar-refractivity contribution in [1.29, 1.82) is 0 Å². The number of amides is 1. The number of aromatic nitrogens is 2. The Kier molecular flexibility index (Phi) is 9.56. The minimum Gasteiger partial charge on any atom is -0.324 e. The van der Waals surface area contributed by atoms with Crippen molar-refractivity contribution in [3.8, 4) is 0 Å². The number of carbonyl (C=O) groups excluding carboxylic acids is 1. The van der Waals surface area contributed by atoms with Gasteiger partial charge in [0.2, 0.25) is 5.91 Å². The largest absolute Gasteiger partial charge is 0.324 e. The van der Waals surface area contributed by atoms with Gasteiger partial charge in [-0.05, 0) is 38.1 Å². The van der Waals surface area contributed by atoms with E-state index in [1.54, 1.807) is 4.68 Å². The second-order valence-electron chi connectivity index (χ2n) is 5.07. The van der Waals surface area contributed by atoms with Crippen LogP contribution < -0.4 is 10.6 Å². The number of benzene rings is 1. The molecule has 0 saturated carbocycles. The van der Waals surface area contributed by atoms with E-state index >= 15 is 0 Å². The van der Waals surface area contributed by atoms with Gasteiger partial charge in [0.05, 0.1) is 5.69 Å². The summed E-state index contributed by atoms with van der Waals surface area (Å²) in [6.45, 7) is 7.81. The first-order chi connectivity index (χ1) is 10.1. The number of hydrogen-bond acceptors (Lipinski definition) is 3. The lowest BCUT2D eigenvalue weighted by Gasteiger charge is -2.12. The average Bonchev–Trinajstić information content (AvgIpc) is 2.75. The van der Waals surface area contributed by atoms with Gasteiger partial charge in [-0.1, -0.05) is 25.1 Å². The molecule has 1 amide bonds. The van der Waals surface area contributed by atoms with Crippen LogP contribution in [0.5, 0.6) is 0 Å². The molecule has 128 valence electrons. The molecule has 0 radical (unpaired) electrons. The first kappa shape index (κ1) is 21.4. The summed E-state index contributed by atoms with van der Waals surface area (Å²) >= 11 is 0. The molecule has 0 unspecified atom stereocenters. The van der Waals surface area contributed by atoms with Crippen LogP contribution in [0.3, 0.4) is 0 Å². The summed E-state index contributed by atoms with van der Waals surface area (Å²) in [6.07, 6.45) is 0. The summed E-state index contributed by atoms with van der Waals surface area (Å²) in [5.74, 6) is -0.0647. The van der Waals surface area contributed by atoms with E-state index in [0.717, 1.165) is 35.7 Å². The molecule has 23 heavy (non-hydrogen) atoms. The van der Waals surface area contributed by atoms with Crippen molar-refractivity contribution in [2.75, 3.05) is 11.9 Å². The summed E-state index contributed by atoms with van der Waals surface area (Å²) in [4.78, 5) is 12.2. The second-order valence-corrected chi connectivity index (χ2v) is 5.07. The van der Waals surface area contributed by atoms with E-state index in [9.17, 15) is 4.79 Å². The maximum Gasteiger partial charge on any atom is 0.246 e. The second kappa shape index (κ2) is 10.3. The molecule has 0 spiro atoms. The average molecular weight is 359 g/mol. The minimum atomic E-state index is -0.0647. The van der Waals surface area contributed by atoms with Crippen LogP contribution in [-0.2, 0) is 17.9 Å². The highest BCUT2D eigenvalue weighted by Gasteiger charge is 2.09. The zero-order valence-corrected chi connectivity index (χ0v) is 15.3. The summed E-state index contributed by atoms with van der Waals surface area (Å²) in [5.41, 5.74) is 3.85. The molecule has 1 aromatic heterocycles. The minimum absolute atomic E-state index is 0. The fraction of sp³-hybridized carbons (Fsp3) is 0.375. The van der Waals surface area contributed by atoms with Crippen LogP contribution in [0.1, 0.15) is 23.9 Å². The standard InChI is InChI=1S/C16H22N4O.2ClH/c1-4-17-10-14-7-5-6-8-15(14)18-16(21)11-20-13(3)9-12(2)19-20;;/h5-9,17H,4,10-11H2,1-3H3,(H,18,21);2*1H. The van der Waals surface area contributed by atoms with Gasteiger partial charge in [0, 0.05) is 17.9 Å². The molecule has 0 aliphatic heterocycles. The maximum atomic E-state index is 12.2. The number of aryl methyl sites for hydroxylation is 2. The lowest BCUT2D eigenvalue weighted by Crippen LogP contribution is -2.22. The van der Waals surface area contributed by atoms with Crippen molar-refractivity contribution >= 4 is 36.4 Å². The van der Waals surface area contributed by atoms with Gasteiger partial charge in [-0.15, -0.1) is 24.8 Å². The number of para-hydroxylation sites is 1. The summed E-state index contributed by atoms with van der Waals surface area (Å²) in [7, 11) is 0. The van der Waals surface area contributed by atoms with Gasteiger partial charge in [0.25, 0.3) is 0 Å². The Morgan fingerprint density at radius 1 is 1.22 bits per heavy atom. The molecular formula is C16H24Cl2N4O. The smallest absolute Gasteiger partial charge is 0.246 e. The van der Waals surface area contributed by atoms with E-state index in [4.69, 9.17) is 0 Å². The quantitative estimate of drug-likeness (QED) is 0.833. The molecule has 1 heterocycles. The number of halogens is 2. The van der Waals surface area contributed by atoms with Gasteiger partial charge in [-0.3, -0.25) is 9.48 Å². The van der Waals surface area contributed by atoms with Crippen molar-refractivity contribution in [1.82, 2.24) is 15.1 Å². The van der Waals surface area contributed by atoms with Crippen LogP contribution in [0, 0.1) is 13.8 Å². The zero-order chi connectivity index (χ0) is 15.2. The van der Waals surface area contributed by atoms with Gasteiger partial charge < -0.3 is 10.6 Å². The van der Waals surface area contributed by atoms with Gasteiger partial charge in [-0.25, -0.2) is 0 Å². The topological polar surface area (TPSA) is 58.9 Å². The van der Waals surface area contributed by atoms with E-state index in [2.05, 4.69) is 22.7 Å². The number of anilines is 1. The third kappa shape index (κ3) is 6.22. The number of nitrogens with zero attached hydrogens (tertiary/aromatic N) is 2. The van der Waals surface area contributed by atoms with E-state index in [1.165, 1.54) is 0 Å². The summed E-state index contributed by atoms with van der Waals surface area (Å²) < 4.78 is 1.72. The van der Waals surface area contributed by atoms with Crippen molar-refractivity contribution < 1.29 is 4.79 Å². The van der Waals surface area contributed by atoms with Crippen LogP contribution >= 0.6 is 24.8 Å². The SMILES string of the molecule is CCNCc1ccccc1NC(=O)Cn1nc(C)cc1C.Cl.Cl. The van der Waals surface area contributed by atoms with E-state index < -0.39 is 0 Å². The Morgan fingerprint density at radius 3 is 2.52 bits per heavy atom. The Balaban J connectivity index is 0.00000242. The van der Waals surface area contributed by atoms with Crippen LogP contribution in [0.25, 0.3) is 0 Å². The molecule has 2 N–H and O–H groups in total. The maximum absolute atomic E-state index is 12.2. The monoisotopic (exact) mass is 358 g/mol. The molecule has 7 heteroatoms. The van der Waals surface area contributed by atoms with Crippen LogP contribution in [-0.4, -0.2) is 22.2 Å². The van der Waals surface area contributed by atoms with Crippen molar-refractivity contribution in [2.45, 2.75) is 33.9 Å². The summed E-state index contributed by atoms with van der Waals surface area (Å²) in [5, 5.41) is 10.5. The molecule has 0 fully saturated rings. The van der Waals surface area contributed by atoms with E-state index in [0.29, 0.717) is 0 Å². The van der Waals surface area contributed by atoms with Gasteiger partial charge in [0.1, 0.15) is 6.54 Å². The highest BCUT2D eigenvalue weighted by molar-refractivity contribution is 5.91. The Labute approximate surface area is 149 Å². The highest BCUT2D eigenvalue weighted by Crippen LogP contribution is 2.15. The fourth-order valence-electron chi connectivity index (χ4n) is 2.22. The molecule has 0 aliphatic carbocycles. The predicted molar refractivity (Wildman–Crippen MR) is 98.6 cm³/mol. The van der Waals surface area contributed by atoms with E-state index in [-0.39, 0.29) is 37.3 Å².